The van der Waals surface area contributed by atoms with E-state index < -0.39 is 0 Å². The molecule has 0 amide bonds. The molecule has 0 radical (unpaired) electrons. The van der Waals surface area contributed by atoms with Crippen LogP contribution in [0, 0.1) is 0 Å². The molecular formula is C8H8BrClO2. The third-order valence-corrected chi connectivity index (χ3v) is 2.59. The number of aromatic hydroxyl groups is 1. The standard InChI is InChI=1S/C8H8BrClO2/c9-6-1-2-7(10)8(12)5(6)3-4-11/h1-2,11-12H,3-4H2. The minimum Gasteiger partial charge on any atom is -0.506 e. The van der Waals surface area contributed by atoms with Gasteiger partial charge in [-0.1, -0.05) is 27.5 Å². The molecule has 0 spiro atoms. The predicted octanol–water partition coefficient (Wildman–Crippen LogP) is 2.34. The summed E-state index contributed by atoms with van der Waals surface area (Å²) >= 11 is 8.92. The first kappa shape index (κ1) is 9.84. The fraction of sp³-hybridized carbons (Fsp3) is 0.250. The molecule has 1 rings (SSSR count). The van der Waals surface area contributed by atoms with Gasteiger partial charge in [0.1, 0.15) is 5.75 Å². The van der Waals surface area contributed by atoms with Gasteiger partial charge in [-0.15, -0.1) is 0 Å². The largest absolute Gasteiger partial charge is 0.506 e. The first-order valence-electron chi connectivity index (χ1n) is 3.43. The van der Waals surface area contributed by atoms with Crippen molar-refractivity contribution in [1.82, 2.24) is 0 Å². The molecular weight excluding hydrogens is 243 g/mol. The SMILES string of the molecule is OCCc1c(Br)ccc(Cl)c1O. The lowest BCUT2D eigenvalue weighted by Crippen LogP contribution is -1.92. The highest BCUT2D eigenvalue weighted by molar-refractivity contribution is 9.10. The summed E-state index contributed by atoms with van der Waals surface area (Å²) in [5, 5.41) is 18.4. The molecule has 0 saturated carbocycles. The second kappa shape index (κ2) is 4.12. The van der Waals surface area contributed by atoms with E-state index in [0.717, 1.165) is 4.47 Å². The Labute approximate surface area is 83.9 Å². The fourth-order valence-corrected chi connectivity index (χ4v) is 1.63. The van der Waals surface area contributed by atoms with Gasteiger partial charge in [0.25, 0.3) is 0 Å². The van der Waals surface area contributed by atoms with E-state index in [0.29, 0.717) is 17.0 Å². The Morgan fingerprint density at radius 2 is 2.08 bits per heavy atom. The fourth-order valence-electron chi connectivity index (χ4n) is 0.933. The van der Waals surface area contributed by atoms with E-state index in [9.17, 15) is 5.11 Å². The van der Waals surface area contributed by atoms with Gasteiger partial charge < -0.3 is 10.2 Å². The van der Waals surface area contributed by atoms with Gasteiger partial charge in [0.15, 0.2) is 0 Å². The Kier molecular flexibility index (Phi) is 3.38. The summed E-state index contributed by atoms with van der Waals surface area (Å²) in [6, 6.07) is 3.34. The number of rotatable bonds is 2. The van der Waals surface area contributed by atoms with Crippen LogP contribution in [0.5, 0.6) is 5.75 Å². The van der Waals surface area contributed by atoms with Crippen LogP contribution in [0.3, 0.4) is 0 Å². The van der Waals surface area contributed by atoms with Crippen LogP contribution < -0.4 is 0 Å². The van der Waals surface area contributed by atoms with E-state index in [4.69, 9.17) is 16.7 Å². The van der Waals surface area contributed by atoms with Gasteiger partial charge in [0.05, 0.1) is 5.02 Å². The van der Waals surface area contributed by atoms with Crippen molar-refractivity contribution in [2.45, 2.75) is 6.42 Å². The van der Waals surface area contributed by atoms with Crippen molar-refractivity contribution in [3.8, 4) is 5.75 Å². The maximum atomic E-state index is 9.44. The van der Waals surface area contributed by atoms with Gasteiger partial charge in [-0.3, -0.25) is 0 Å². The summed E-state index contributed by atoms with van der Waals surface area (Å²) in [6.45, 7) is -0.00744. The molecule has 66 valence electrons. The van der Waals surface area contributed by atoms with E-state index in [-0.39, 0.29) is 12.4 Å². The number of benzene rings is 1. The van der Waals surface area contributed by atoms with Gasteiger partial charge in [-0.2, -0.15) is 0 Å². The smallest absolute Gasteiger partial charge is 0.138 e. The zero-order chi connectivity index (χ0) is 9.14. The molecule has 0 aromatic heterocycles. The maximum absolute atomic E-state index is 9.44. The van der Waals surface area contributed by atoms with Crippen molar-refractivity contribution in [2.75, 3.05) is 6.61 Å². The number of hydrogen-bond donors (Lipinski definition) is 2. The van der Waals surface area contributed by atoms with Crippen LogP contribution in [0.25, 0.3) is 0 Å². The van der Waals surface area contributed by atoms with Crippen molar-refractivity contribution < 1.29 is 10.2 Å². The zero-order valence-corrected chi connectivity index (χ0v) is 8.56. The molecule has 0 saturated heterocycles. The number of aliphatic hydroxyl groups excluding tert-OH is 1. The summed E-state index contributed by atoms with van der Waals surface area (Å²) in [7, 11) is 0. The highest BCUT2D eigenvalue weighted by atomic mass is 79.9. The molecule has 1 aromatic carbocycles. The van der Waals surface area contributed by atoms with E-state index in [1.54, 1.807) is 12.1 Å². The Balaban J connectivity index is 3.14. The average Bonchev–Trinajstić information content (AvgIpc) is 2.06. The van der Waals surface area contributed by atoms with Crippen LogP contribution >= 0.6 is 27.5 Å². The normalized spacial score (nSPS) is 10.2. The molecule has 0 fully saturated rings. The van der Waals surface area contributed by atoms with Crippen LogP contribution in [0.15, 0.2) is 16.6 Å². The van der Waals surface area contributed by atoms with Crippen molar-refractivity contribution in [3.63, 3.8) is 0 Å². The van der Waals surface area contributed by atoms with E-state index in [1.165, 1.54) is 0 Å². The Morgan fingerprint density at radius 1 is 1.42 bits per heavy atom. The third kappa shape index (κ3) is 1.91. The number of phenolic OH excluding ortho intramolecular Hbond substituents is 1. The van der Waals surface area contributed by atoms with Crippen molar-refractivity contribution in [2.24, 2.45) is 0 Å². The molecule has 0 aliphatic heterocycles. The van der Waals surface area contributed by atoms with Crippen LogP contribution in [-0.2, 0) is 6.42 Å². The van der Waals surface area contributed by atoms with E-state index >= 15 is 0 Å². The Bertz CT molecular complexity index is 289. The summed E-state index contributed by atoms with van der Waals surface area (Å²) in [5.41, 5.74) is 0.644. The average molecular weight is 252 g/mol. The lowest BCUT2D eigenvalue weighted by Gasteiger charge is -2.06. The van der Waals surface area contributed by atoms with Crippen LogP contribution in [0.2, 0.25) is 5.02 Å². The number of phenols is 1. The van der Waals surface area contributed by atoms with Crippen LogP contribution in [0.1, 0.15) is 5.56 Å². The minimum absolute atomic E-state index is 0.00744. The number of aliphatic hydroxyl groups is 1. The Hall–Kier alpha value is -0.250. The highest BCUT2D eigenvalue weighted by Gasteiger charge is 2.08. The minimum atomic E-state index is -0.00744. The third-order valence-electron chi connectivity index (χ3n) is 1.54. The molecule has 1 aromatic rings. The molecule has 0 aliphatic rings. The molecule has 0 unspecified atom stereocenters. The van der Waals surface area contributed by atoms with E-state index in [1.807, 2.05) is 0 Å². The van der Waals surface area contributed by atoms with Gasteiger partial charge in [0.2, 0.25) is 0 Å². The predicted molar refractivity (Wildman–Crippen MR) is 51.6 cm³/mol. The molecule has 0 aliphatic carbocycles. The van der Waals surface area contributed by atoms with Gasteiger partial charge >= 0.3 is 0 Å². The summed E-state index contributed by atoms with van der Waals surface area (Å²) < 4.78 is 0.762. The van der Waals surface area contributed by atoms with Crippen molar-refractivity contribution in [3.05, 3.63) is 27.2 Å². The molecule has 0 bridgehead atoms. The molecule has 12 heavy (non-hydrogen) atoms. The topological polar surface area (TPSA) is 40.5 Å². The molecule has 2 nitrogen and oxygen atoms in total. The molecule has 0 atom stereocenters. The maximum Gasteiger partial charge on any atom is 0.138 e. The van der Waals surface area contributed by atoms with Crippen molar-refractivity contribution in [1.29, 1.82) is 0 Å². The monoisotopic (exact) mass is 250 g/mol. The summed E-state index contributed by atoms with van der Waals surface area (Å²) in [6.07, 6.45) is 0.396. The van der Waals surface area contributed by atoms with Gasteiger partial charge in [0, 0.05) is 23.1 Å². The van der Waals surface area contributed by atoms with Crippen LogP contribution in [0.4, 0.5) is 0 Å². The molecule has 0 heterocycles. The van der Waals surface area contributed by atoms with E-state index in [2.05, 4.69) is 15.9 Å². The van der Waals surface area contributed by atoms with Gasteiger partial charge in [-0.05, 0) is 12.1 Å². The molecule has 2 N–H and O–H groups in total. The Morgan fingerprint density at radius 3 is 2.67 bits per heavy atom. The number of halogens is 2. The lowest BCUT2D eigenvalue weighted by atomic mass is 10.1. The molecule has 4 heteroatoms. The highest BCUT2D eigenvalue weighted by Crippen LogP contribution is 2.33. The van der Waals surface area contributed by atoms with Crippen LogP contribution in [-0.4, -0.2) is 16.8 Å². The number of hydrogen-bond acceptors (Lipinski definition) is 2. The summed E-state index contributed by atoms with van der Waals surface area (Å²) in [5.74, 6) is 0.0418. The second-order valence-corrected chi connectivity index (χ2v) is 3.59. The quantitative estimate of drug-likeness (QED) is 0.847. The second-order valence-electron chi connectivity index (χ2n) is 2.33. The first-order valence-corrected chi connectivity index (χ1v) is 4.60. The summed E-state index contributed by atoms with van der Waals surface area (Å²) in [4.78, 5) is 0. The van der Waals surface area contributed by atoms with Gasteiger partial charge in [-0.25, -0.2) is 0 Å². The first-order chi connectivity index (χ1) is 5.66. The zero-order valence-electron chi connectivity index (χ0n) is 6.22. The van der Waals surface area contributed by atoms with Crippen molar-refractivity contribution >= 4 is 27.5 Å². The lowest BCUT2D eigenvalue weighted by molar-refractivity contribution is 0.297.